The van der Waals surface area contributed by atoms with Gasteiger partial charge >= 0.3 is 6.18 Å². The number of aromatic nitrogens is 4. The van der Waals surface area contributed by atoms with Crippen molar-refractivity contribution in [3.63, 3.8) is 0 Å². The summed E-state index contributed by atoms with van der Waals surface area (Å²) in [5.74, 6) is -0.595. The van der Waals surface area contributed by atoms with Crippen LogP contribution in [0.2, 0.25) is 0 Å². The predicted molar refractivity (Wildman–Crippen MR) is 120 cm³/mol. The van der Waals surface area contributed by atoms with Crippen LogP contribution in [0.25, 0.3) is 21.5 Å². The van der Waals surface area contributed by atoms with E-state index >= 15 is 0 Å². The van der Waals surface area contributed by atoms with Crippen LogP contribution < -0.4 is 10.9 Å². The summed E-state index contributed by atoms with van der Waals surface area (Å²) in [4.78, 5) is 26.7. The van der Waals surface area contributed by atoms with Crippen LogP contribution in [-0.2, 0) is 23.1 Å². The molecule has 1 aromatic carbocycles. The highest BCUT2D eigenvalue weighted by Crippen LogP contribution is 2.31. The van der Waals surface area contributed by atoms with Gasteiger partial charge in [-0.2, -0.15) is 23.4 Å². The van der Waals surface area contributed by atoms with E-state index in [1.54, 1.807) is 10.9 Å². The monoisotopic (exact) mass is 475 g/mol. The van der Waals surface area contributed by atoms with E-state index in [-0.39, 0.29) is 5.69 Å². The molecule has 3 heterocycles. The summed E-state index contributed by atoms with van der Waals surface area (Å²) in [7, 11) is 0. The second-order valence-corrected chi connectivity index (χ2v) is 9.35. The van der Waals surface area contributed by atoms with E-state index in [1.807, 2.05) is 38.3 Å². The smallest absolute Gasteiger partial charge is 0.324 e. The first-order valence-corrected chi connectivity index (χ1v) is 10.8. The third kappa shape index (κ3) is 4.54. The molecule has 0 bridgehead atoms. The zero-order valence-electron chi connectivity index (χ0n) is 18.0. The highest BCUT2D eigenvalue weighted by atomic mass is 32.1. The van der Waals surface area contributed by atoms with Crippen LogP contribution in [0.5, 0.6) is 0 Å². The van der Waals surface area contributed by atoms with Crippen LogP contribution in [0.15, 0.2) is 52.8 Å². The fourth-order valence-corrected chi connectivity index (χ4v) is 4.08. The van der Waals surface area contributed by atoms with E-state index < -0.39 is 35.3 Å². The highest BCUT2D eigenvalue weighted by Gasteiger charge is 2.30. The fourth-order valence-electron chi connectivity index (χ4n) is 3.36. The Kier molecular flexibility index (Phi) is 5.61. The van der Waals surface area contributed by atoms with Crippen molar-refractivity contribution < 1.29 is 18.0 Å². The van der Waals surface area contributed by atoms with Crippen LogP contribution in [0.3, 0.4) is 0 Å². The molecule has 1 N–H and O–H groups in total. The number of anilines is 1. The minimum atomic E-state index is -4.47. The number of nitrogens with zero attached hydrogens (tertiary/aromatic N) is 4. The molecular formula is C22H20F3N5O2S. The zero-order chi connectivity index (χ0) is 24.0. The molecule has 11 heteroatoms. The first-order valence-electron chi connectivity index (χ1n) is 9.95. The number of fused-ring (bicyclic) bond motifs is 1. The van der Waals surface area contributed by atoms with E-state index in [1.165, 1.54) is 11.3 Å². The molecule has 4 aromatic rings. The SMILES string of the molecule is CC(C)(C)n1ncc2c(-c3cccs3)nn(CC(=O)Nc3ccc(C(F)(F)F)cc3)c(=O)c21. The lowest BCUT2D eigenvalue weighted by atomic mass is 10.1. The van der Waals surface area contributed by atoms with Gasteiger partial charge in [0.1, 0.15) is 17.8 Å². The van der Waals surface area contributed by atoms with Gasteiger partial charge in [0, 0.05) is 5.69 Å². The van der Waals surface area contributed by atoms with Gasteiger partial charge in [0.15, 0.2) is 0 Å². The molecule has 7 nitrogen and oxygen atoms in total. The first-order chi connectivity index (χ1) is 15.4. The minimum absolute atomic E-state index is 0.181. The van der Waals surface area contributed by atoms with E-state index in [9.17, 15) is 22.8 Å². The Labute approximate surface area is 190 Å². The maximum Gasteiger partial charge on any atom is 0.416 e. The molecule has 0 fully saturated rings. The largest absolute Gasteiger partial charge is 0.416 e. The van der Waals surface area contributed by atoms with Gasteiger partial charge in [0.2, 0.25) is 5.91 Å². The maximum absolute atomic E-state index is 13.3. The van der Waals surface area contributed by atoms with Crippen LogP contribution in [0.1, 0.15) is 26.3 Å². The van der Waals surface area contributed by atoms with Gasteiger partial charge in [-0.05, 0) is 56.5 Å². The summed E-state index contributed by atoms with van der Waals surface area (Å²) in [5.41, 5.74) is -0.767. The number of alkyl halides is 3. The minimum Gasteiger partial charge on any atom is -0.324 e. The van der Waals surface area contributed by atoms with Crippen LogP contribution in [-0.4, -0.2) is 25.5 Å². The van der Waals surface area contributed by atoms with Crippen molar-refractivity contribution in [3.8, 4) is 10.6 Å². The number of amides is 1. The van der Waals surface area contributed by atoms with Crippen molar-refractivity contribution >= 4 is 33.8 Å². The van der Waals surface area contributed by atoms with Crippen molar-refractivity contribution in [2.24, 2.45) is 0 Å². The summed E-state index contributed by atoms with van der Waals surface area (Å²) in [6.45, 7) is 5.31. The molecule has 0 saturated carbocycles. The van der Waals surface area contributed by atoms with E-state index in [4.69, 9.17) is 0 Å². The summed E-state index contributed by atoms with van der Waals surface area (Å²) in [5, 5.41) is 13.8. The van der Waals surface area contributed by atoms with Crippen LogP contribution >= 0.6 is 11.3 Å². The van der Waals surface area contributed by atoms with Crippen LogP contribution in [0, 0.1) is 0 Å². The molecule has 0 unspecified atom stereocenters. The molecule has 0 radical (unpaired) electrons. The number of benzene rings is 1. The molecule has 0 aliphatic rings. The van der Waals surface area contributed by atoms with Gasteiger partial charge in [-0.1, -0.05) is 6.07 Å². The lowest BCUT2D eigenvalue weighted by molar-refractivity contribution is -0.137. The van der Waals surface area contributed by atoms with Crippen molar-refractivity contribution in [1.82, 2.24) is 19.6 Å². The van der Waals surface area contributed by atoms with Gasteiger partial charge in [0.25, 0.3) is 5.56 Å². The average Bonchev–Trinajstić information content (AvgIpc) is 3.40. The third-order valence-corrected chi connectivity index (χ3v) is 5.74. The average molecular weight is 475 g/mol. The number of carbonyl (C=O) groups excluding carboxylic acids is 1. The van der Waals surface area contributed by atoms with Gasteiger partial charge in [-0.3, -0.25) is 14.3 Å². The number of rotatable bonds is 4. The Hall–Kier alpha value is -3.47. The predicted octanol–water partition coefficient (Wildman–Crippen LogP) is 4.73. The number of hydrogen-bond acceptors (Lipinski definition) is 5. The van der Waals surface area contributed by atoms with E-state index in [2.05, 4.69) is 15.5 Å². The van der Waals surface area contributed by atoms with E-state index in [0.29, 0.717) is 16.6 Å². The zero-order valence-corrected chi connectivity index (χ0v) is 18.8. The fraction of sp³-hybridized carbons (Fsp3) is 0.273. The van der Waals surface area contributed by atoms with Crippen molar-refractivity contribution in [2.45, 2.75) is 39.0 Å². The molecule has 4 rings (SSSR count). The molecule has 33 heavy (non-hydrogen) atoms. The van der Waals surface area contributed by atoms with Crippen LogP contribution in [0.4, 0.5) is 18.9 Å². The van der Waals surface area contributed by atoms with Crippen molar-refractivity contribution in [1.29, 1.82) is 0 Å². The number of halogens is 3. The Morgan fingerprint density at radius 3 is 2.39 bits per heavy atom. The molecule has 3 aromatic heterocycles. The van der Waals surface area contributed by atoms with Crippen molar-refractivity contribution in [3.05, 3.63) is 63.9 Å². The molecule has 1 amide bonds. The molecule has 0 atom stereocenters. The maximum atomic E-state index is 13.3. The Bertz CT molecular complexity index is 1360. The highest BCUT2D eigenvalue weighted by molar-refractivity contribution is 7.13. The lowest BCUT2D eigenvalue weighted by Gasteiger charge is -2.20. The van der Waals surface area contributed by atoms with Gasteiger partial charge in [-0.25, -0.2) is 4.68 Å². The Morgan fingerprint density at radius 1 is 1.12 bits per heavy atom. The van der Waals surface area contributed by atoms with Gasteiger partial charge < -0.3 is 5.32 Å². The third-order valence-electron chi connectivity index (χ3n) is 4.86. The summed E-state index contributed by atoms with van der Waals surface area (Å²) < 4.78 is 40.9. The second kappa shape index (κ2) is 8.14. The quantitative estimate of drug-likeness (QED) is 0.463. The second-order valence-electron chi connectivity index (χ2n) is 8.40. The topological polar surface area (TPSA) is 81.8 Å². The normalized spacial score (nSPS) is 12.3. The number of carbonyl (C=O) groups is 1. The molecule has 172 valence electrons. The standard InChI is InChI=1S/C22H20F3N5O2S/c1-21(2,3)30-19-15(11-26-30)18(16-5-4-10-33-16)28-29(20(19)32)12-17(31)27-14-8-6-13(7-9-14)22(23,24)25/h4-11H,12H2,1-3H3,(H,27,31). The molecule has 0 saturated heterocycles. The van der Waals surface area contributed by atoms with Gasteiger partial charge in [-0.15, -0.1) is 11.3 Å². The molecule has 0 spiro atoms. The Balaban J connectivity index is 1.71. The summed E-state index contributed by atoms with van der Waals surface area (Å²) in [6, 6.07) is 7.79. The Morgan fingerprint density at radius 2 is 1.82 bits per heavy atom. The first kappa shape index (κ1) is 22.7. The van der Waals surface area contributed by atoms with E-state index in [0.717, 1.165) is 33.8 Å². The summed E-state index contributed by atoms with van der Waals surface area (Å²) in [6.07, 6.45) is -2.87. The molecule has 0 aliphatic heterocycles. The molecule has 0 aliphatic carbocycles. The lowest BCUT2D eigenvalue weighted by Crippen LogP contribution is -2.33. The summed E-state index contributed by atoms with van der Waals surface area (Å²) >= 11 is 1.44. The molecular weight excluding hydrogens is 455 g/mol. The van der Waals surface area contributed by atoms with Gasteiger partial charge in [0.05, 0.1) is 27.6 Å². The number of nitrogens with one attached hydrogen (secondary N) is 1. The van der Waals surface area contributed by atoms with Crippen molar-refractivity contribution in [2.75, 3.05) is 5.32 Å². The number of hydrogen-bond donors (Lipinski definition) is 1. The number of thiophene rings is 1.